The summed E-state index contributed by atoms with van der Waals surface area (Å²) in [6, 6.07) is 8.70. The zero-order valence-electron chi connectivity index (χ0n) is 13.7. The molecular weight excluding hydrogens is 306 g/mol. The highest BCUT2D eigenvalue weighted by Gasteiger charge is 2.61. The van der Waals surface area contributed by atoms with Gasteiger partial charge in [-0.3, -0.25) is 4.79 Å². The van der Waals surface area contributed by atoms with Crippen LogP contribution in [-0.4, -0.2) is 16.8 Å². The number of halogens is 1. The van der Waals surface area contributed by atoms with E-state index in [1.807, 2.05) is 0 Å². The van der Waals surface area contributed by atoms with Gasteiger partial charge in [-0.1, -0.05) is 18.2 Å². The quantitative estimate of drug-likeness (QED) is 0.692. The molecule has 2 nitrogen and oxygen atoms in total. The Hall–Kier alpha value is -1.02. The van der Waals surface area contributed by atoms with Gasteiger partial charge in [0.2, 0.25) is 5.91 Å². The highest BCUT2D eigenvalue weighted by molar-refractivity contribution is 6.24. The molecule has 4 bridgehead atoms. The molecule has 4 fully saturated rings. The fourth-order valence-corrected chi connectivity index (χ4v) is 7.22. The number of hydrogen-bond donors (Lipinski definition) is 0. The zero-order valence-corrected chi connectivity index (χ0v) is 14.5. The minimum atomic E-state index is -0.183. The molecule has 0 radical (unpaired) electrons. The molecule has 1 heterocycles. The molecular formula is C20H24ClNO. The molecule has 4 aliphatic carbocycles. The summed E-state index contributed by atoms with van der Waals surface area (Å²) in [5.74, 6) is 1.71. The Morgan fingerprint density at radius 2 is 1.87 bits per heavy atom. The number of alkyl halides is 1. The molecule has 0 spiro atoms. The predicted octanol–water partition coefficient (Wildman–Crippen LogP) is 4.54. The van der Waals surface area contributed by atoms with Gasteiger partial charge in [0.05, 0.1) is 5.41 Å². The van der Waals surface area contributed by atoms with Crippen LogP contribution in [0, 0.1) is 17.3 Å². The highest BCUT2D eigenvalue weighted by atomic mass is 35.5. The van der Waals surface area contributed by atoms with Crippen molar-refractivity contribution in [3.63, 3.8) is 0 Å². The van der Waals surface area contributed by atoms with Gasteiger partial charge in [-0.05, 0) is 75.3 Å². The van der Waals surface area contributed by atoms with Gasteiger partial charge in [-0.2, -0.15) is 0 Å². The first-order valence-corrected chi connectivity index (χ1v) is 9.46. The van der Waals surface area contributed by atoms with E-state index in [-0.39, 0.29) is 16.3 Å². The number of rotatable bonds is 1. The predicted molar refractivity (Wildman–Crippen MR) is 92.8 cm³/mol. The lowest BCUT2D eigenvalue weighted by Crippen LogP contribution is -2.59. The molecule has 6 rings (SSSR count). The second-order valence-electron chi connectivity index (χ2n) is 8.75. The van der Waals surface area contributed by atoms with Crippen LogP contribution >= 0.6 is 11.6 Å². The minimum absolute atomic E-state index is 0.0950. The highest BCUT2D eigenvalue weighted by Crippen LogP contribution is 2.64. The second kappa shape index (κ2) is 4.53. The van der Waals surface area contributed by atoms with E-state index < -0.39 is 0 Å². The third kappa shape index (κ3) is 1.97. The first-order chi connectivity index (χ1) is 11.0. The molecule has 0 aromatic heterocycles. The standard InChI is InChI=1S/C20H24ClNO/c1-13-6-16-4-2-3-5-17(16)22(13)18(23)19-8-14-7-15(9-19)11-20(21,10-14)12-19/h2-5,13-15H,6-12H2,1H3/t13-,14-,15+,19?,20?/m1/s1. The van der Waals surface area contributed by atoms with E-state index in [4.69, 9.17) is 11.6 Å². The maximum absolute atomic E-state index is 13.7. The molecule has 122 valence electrons. The SMILES string of the molecule is C[C@@H]1Cc2ccccc2N1C(=O)C12C[C@@H]3C[C@@H](CC(Cl)(C3)C1)C2. The van der Waals surface area contributed by atoms with E-state index in [1.165, 1.54) is 12.0 Å². The van der Waals surface area contributed by atoms with Gasteiger partial charge in [0.15, 0.2) is 0 Å². The van der Waals surface area contributed by atoms with Crippen molar-refractivity contribution in [3.05, 3.63) is 29.8 Å². The maximum atomic E-state index is 13.7. The van der Waals surface area contributed by atoms with Gasteiger partial charge in [0, 0.05) is 16.6 Å². The van der Waals surface area contributed by atoms with Gasteiger partial charge in [0.1, 0.15) is 0 Å². The Balaban J connectivity index is 1.54. The summed E-state index contributed by atoms with van der Waals surface area (Å²) in [5.41, 5.74) is 2.28. The number of carbonyl (C=O) groups excluding carboxylic acids is 1. The molecule has 0 saturated heterocycles. The summed E-state index contributed by atoms with van der Waals surface area (Å²) in [6.45, 7) is 2.19. The summed E-state index contributed by atoms with van der Waals surface area (Å²) in [5, 5.41) is 0. The first-order valence-electron chi connectivity index (χ1n) is 9.09. The van der Waals surface area contributed by atoms with Gasteiger partial charge >= 0.3 is 0 Å². The Kier molecular flexibility index (Phi) is 2.83. The molecule has 1 aromatic carbocycles. The van der Waals surface area contributed by atoms with Crippen molar-refractivity contribution in [1.82, 2.24) is 0 Å². The van der Waals surface area contributed by atoms with E-state index in [0.717, 1.165) is 44.2 Å². The van der Waals surface area contributed by atoms with Crippen LogP contribution < -0.4 is 4.90 Å². The van der Waals surface area contributed by atoms with Crippen molar-refractivity contribution >= 4 is 23.2 Å². The normalized spacial score (nSPS) is 43.7. The summed E-state index contributed by atoms with van der Waals surface area (Å²) in [4.78, 5) is 15.7. The number of hydrogen-bond acceptors (Lipinski definition) is 1. The molecule has 23 heavy (non-hydrogen) atoms. The maximum Gasteiger partial charge on any atom is 0.233 e. The van der Waals surface area contributed by atoms with Crippen molar-refractivity contribution in [2.75, 3.05) is 4.90 Å². The Morgan fingerprint density at radius 3 is 2.57 bits per heavy atom. The van der Waals surface area contributed by atoms with E-state index in [0.29, 0.717) is 17.7 Å². The summed E-state index contributed by atoms with van der Waals surface area (Å²) in [7, 11) is 0. The third-order valence-corrected chi connectivity index (χ3v) is 7.31. The molecule has 0 N–H and O–H groups in total. The third-order valence-electron chi connectivity index (χ3n) is 6.87. The van der Waals surface area contributed by atoms with Crippen LogP contribution in [-0.2, 0) is 11.2 Å². The molecule has 1 amide bonds. The number of benzene rings is 1. The van der Waals surface area contributed by atoms with Crippen LogP contribution in [0.4, 0.5) is 5.69 Å². The van der Waals surface area contributed by atoms with Crippen LogP contribution in [0.2, 0.25) is 0 Å². The van der Waals surface area contributed by atoms with Crippen molar-refractivity contribution < 1.29 is 4.79 Å². The van der Waals surface area contributed by atoms with Crippen LogP contribution in [0.25, 0.3) is 0 Å². The number of fused-ring (bicyclic) bond motifs is 1. The molecule has 2 unspecified atom stereocenters. The lowest BCUT2D eigenvalue weighted by Gasteiger charge is -2.59. The number of para-hydroxylation sites is 1. The Labute approximate surface area is 143 Å². The fraction of sp³-hybridized carbons (Fsp3) is 0.650. The second-order valence-corrected chi connectivity index (χ2v) is 9.55. The smallest absolute Gasteiger partial charge is 0.233 e. The van der Waals surface area contributed by atoms with E-state index >= 15 is 0 Å². The van der Waals surface area contributed by atoms with Crippen LogP contribution in [0.5, 0.6) is 0 Å². The van der Waals surface area contributed by atoms with Crippen molar-refractivity contribution in [1.29, 1.82) is 0 Å². The monoisotopic (exact) mass is 329 g/mol. The van der Waals surface area contributed by atoms with Crippen molar-refractivity contribution in [2.24, 2.45) is 17.3 Å². The molecule has 5 atom stereocenters. The number of amides is 1. The van der Waals surface area contributed by atoms with Gasteiger partial charge in [-0.25, -0.2) is 0 Å². The lowest BCUT2D eigenvalue weighted by atomic mass is 9.49. The van der Waals surface area contributed by atoms with E-state index in [1.54, 1.807) is 0 Å². The number of nitrogens with zero attached hydrogens (tertiary/aromatic N) is 1. The molecule has 1 aliphatic heterocycles. The Bertz CT molecular complexity index is 670. The van der Waals surface area contributed by atoms with E-state index in [9.17, 15) is 4.79 Å². The summed E-state index contributed by atoms with van der Waals surface area (Å²) >= 11 is 6.94. The molecule has 3 heteroatoms. The minimum Gasteiger partial charge on any atom is -0.309 e. The van der Waals surface area contributed by atoms with Gasteiger partial charge in [0.25, 0.3) is 0 Å². The van der Waals surface area contributed by atoms with Crippen LogP contribution in [0.3, 0.4) is 0 Å². The summed E-state index contributed by atoms with van der Waals surface area (Å²) < 4.78 is 0. The lowest BCUT2D eigenvalue weighted by molar-refractivity contribution is -0.142. The molecule has 1 aromatic rings. The van der Waals surface area contributed by atoms with E-state index in [2.05, 4.69) is 36.1 Å². The molecule has 5 aliphatic rings. The molecule has 4 saturated carbocycles. The topological polar surface area (TPSA) is 20.3 Å². The van der Waals surface area contributed by atoms with Crippen LogP contribution in [0.1, 0.15) is 51.0 Å². The summed E-state index contributed by atoms with van der Waals surface area (Å²) in [6.07, 6.45) is 7.59. The number of anilines is 1. The zero-order chi connectivity index (χ0) is 15.8. The average molecular weight is 330 g/mol. The van der Waals surface area contributed by atoms with Crippen molar-refractivity contribution in [2.45, 2.75) is 62.8 Å². The fourth-order valence-electron chi connectivity index (χ4n) is 6.53. The number of carbonyl (C=O) groups is 1. The first kappa shape index (κ1) is 14.3. The largest absolute Gasteiger partial charge is 0.309 e. The van der Waals surface area contributed by atoms with Gasteiger partial charge in [-0.15, -0.1) is 11.6 Å². The Morgan fingerprint density at radius 1 is 1.17 bits per heavy atom. The van der Waals surface area contributed by atoms with Gasteiger partial charge < -0.3 is 4.90 Å². The van der Waals surface area contributed by atoms with Crippen LogP contribution in [0.15, 0.2) is 24.3 Å². The average Bonchev–Trinajstić information content (AvgIpc) is 2.79. The van der Waals surface area contributed by atoms with Crippen molar-refractivity contribution in [3.8, 4) is 0 Å².